The van der Waals surface area contributed by atoms with E-state index < -0.39 is 0 Å². The van der Waals surface area contributed by atoms with E-state index in [0.29, 0.717) is 17.4 Å². The van der Waals surface area contributed by atoms with E-state index >= 15 is 0 Å². The second-order valence-corrected chi connectivity index (χ2v) is 7.85. The molecule has 4 rings (SSSR count). The average Bonchev–Trinajstić information content (AvgIpc) is 3.53. The van der Waals surface area contributed by atoms with Crippen LogP contribution in [-0.4, -0.2) is 48.5 Å². The lowest BCUT2D eigenvalue weighted by molar-refractivity contribution is 0.0432. The minimum atomic E-state index is 0.0556. The number of carbonyl (C=O) groups is 1. The summed E-state index contributed by atoms with van der Waals surface area (Å²) in [6, 6.07) is 16.7. The molecule has 4 nitrogen and oxygen atoms in total. The van der Waals surface area contributed by atoms with Gasteiger partial charge in [0.25, 0.3) is 5.91 Å². The van der Waals surface area contributed by atoms with E-state index in [1.54, 1.807) is 7.11 Å². The largest absolute Gasteiger partial charge is 0.497 e. The Morgan fingerprint density at radius 2 is 1.88 bits per heavy atom. The van der Waals surface area contributed by atoms with Crippen LogP contribution in [-0.2, 0) is 0 Å². The number of hydrogen-bond acceptors (Lipinski definition) is 3. The van der Waals surface area contributed by atoms with Crippen molar-refractivity contribution in [2.75, 3.05) is 26.7 Å². The molecule has 136 valence electrons. The third-order valence-corrected chi connectivity index (χ3v) is 6.02. The Labute approximate surface area is 162 Å². The van der Waals surface area contributed by atoms with Crippen LogP contribution in [0.3, 0.4) is 0 Å². The van der Waals surface area contributed by atoms with Crippen LogP contribution in [0.5, 0.6) is 5.75 Å². The van der Waals surface area contributed by atoms with Gasteiger partial charge in [-0.25, -0.2) is 0 Å². The monoisotopic (exact) mass is 414 g/mol. The standard InChI is InChI=1S/C21H23BrN2O2/c1-26-17-9-10-19(22)18(13-17)21(25)24-12-11-23(16-7-8-16)14-20(24)15-5-3-2-4-6-15/h2-6,9-10,13,16,20H,7-8,11-12,14H2,1H3. The summed E-state index contributed by atoms with van der Waals surface area (Å²) in [5.41, 5.74) is 1.86. The molecule has 26 heavy (non-hydrogen) atoms. The average molecular weight is 415 g/mol. The van der Waals surface area contributed by atoms with E-state index in [4.69, 9.17) is 4.74 Å². The van der Waals surface area contributed by atoms with E-state index in [9.17, 15) is 4.79 Å². The molecule has 1 atom stereocenters. The molecule has 2 aromatic rings. The Bertz CT molecular complexity index is 792. The summed E-state index contributed by atoms with van der Waals surface area (Å²) in [5.74, 6) is 0.754. The molecule has 0 N–H and O–H groups in total. The van der Waals surface area contributed by atoms with Crippen molar-refractivity contribution in [1.29, 1.82) is 0 Å². The van der Waals surface area contributed by atoms with Crippen molar-refractivity contribution in [3.63, 3.8) is 0 Å². The van der Waals surface area contributed by atoms with Gasteiger partial charge in [0.1, 0.15) is 5.75 Å². The van der Waals surface area contributed by atoms with Crippen molar-refractivity contribution >= 4 is 21.8 Å². The number of amides is 1. The number of ether oxygens (including phenoxy) is 1. The molecule has 1 heterocycles. The summed E-state index contributed by atoms with van der Waals surface area (Å²) < 4.78 is 6.12. The van der Waals surface area contributed by atoms with Gasteiger partial charge in [-0.15, -0.1) is 0 Å². The zero-order valence-electron chi connectivity index (χ0n) is 14.9. The Morgan fingerprint density at radius 3 is 2.58 bits per heavy atom. The first kappa shape index (κ1) is 17.6. The second kappa shape index (κ2) is 7.41. The first-order chi connectivity index (χ1) is 12.7. The van der Waals surface area contributed by atoms with Crippen LogP contribution >= 0.6 is 15.9 Å². The fourth-order valence-corrected chi connectivity index (χ4v) is 4.15. The molecule has 1 aliphatic heterocycles. The van der Waals surface area contributed by atoms with E-state index in [2.05, 4.69) is 45.1 Å². The Kier molecular flexibility index (Phi) is 5.00. The number of hydrogen-bond donors (Lipinski definition) is 0. The van der Waals surface area contributed by atoms with Crippen molar-refractivity contribution in [3.8, 4) is 5.75 Å². The molecule has 5 heteroatoms. The number of halogens is 1. The fraction of sp³-hybridized carbons (Fsp3) is 0.381. The van der Waals surface area contributed by atoms with Crippen molar-refractivity contribution < 1.29 is 9.53 Å². The highest BCUT2D eigenvalue weighted by Crippen LogP contribution is 2.35. The van der Waals surface area contributed by atoms with Gasteiger partial charge in [0.05, 0.1) is 18.7 Å². The van der Waals surface area contributed by atoms with Gasteiger partial charge in [0.15, 0.2) is 0 Å². The highest BCUT2D eigenvalue weighted by molar-refractivity contribution is 9.10. The molecule has 2 aromatic carbocycles. The van der Waals surface area contributed by atoms with Crippen molar-refractivity contribution in [2.45, 2.75) is 24.9 Å². The molecule has 0 aromatic heterocycles. The summed E-state index contributed by atoms with van der Waals surface area (Å²) in [6.45, 7) is 2.60. The van der Waals surface area contributed by atoms with E-state index in [-0.39, 0.29) is 11.9 Å². The minimum absolute atomic E-state index is 0.0556. The van der Waals surface area contributed by atoms with Gasteiger partial charge >= 0.3 is 0 Å². The van der Waals surface area contributed by atoms with E-state index in [0.717, 1.165) is 24.1 Å². The van der Waals surface area contributed by atoms with Crippen molar-refractivity contribution in [2.24, 2.45) is 0 Å². The van der Waals surface area contributed by atoms with Crippen LogP contribution in [0.2, 0.25) is 0 Å². The van der Waals surface area contributed by atoms with Gasteiger partial charge in [0, 0.05) is 30.1 Å². The quantitative estimate of drug-likeness (QED) is 0.753. The highest BCUT2D eigenvalue weighted by Gasteiger charge is 2.38. The SMILES string of the molecule is COc1ccc(Br)c(C(=O)N2CCN(C3CC3)CC2c2ccccc2)c1. The Hall–Kier alpha value is -1.85. The van der Waals surface area contributed by atoms with Crippen LogP contribution in [0, 0.1) is 0 Å². The first-order valence-corrected chi connectivity index (χ1v) is 9.90. The highest BCUT2D eigenvalue weighted by atomic mass is 79.9. The maximum absolute atomic E-state index is 13.4. The number of methoxy groups -OCH3 is 1. The predicted molar refractivity (Wildman–Crippen MR) is 106 cm³/mol. The van der Waals surface area contributed by atoms with Gasteiger partial charge in [-0.2, -0.15) is 0 Å². The molecular formula is C21H23BrN2O2. The van der Waals surface area contributed by atoms with Crippen LogP contribution in [0.1, 0.15) is 34.8 Å². The second-order valence-electron chi connectivity index (χ2n) is 7.00. The number of carbonyl (C=O) groups excluding carboxylic acids is 1. The third-order valence-electron chi connectivity index (χ3n) is 5.32. The molecule has 1 aliphatic carbocycles. The number of nitrogens with zero attached hydrogens (tertiary/aromatic N) is 2. The van der Waals surface area contributed by atoms with Gasteiger partial charge < -0.3 is 9.64 Å². The Balaban J connectivity index is 1.65. The van der Waals surface area contributed by atoms with Crippen molar-refractivity contribution in [1.82, 2.24) is 9.80 Å². The molecule has 1 amide bonds. The summed E-state index contributed by atoms with van der Waals surface area (Å²) >= 11 is 3.53. The first-order valence-electron chi connectivity index (χ1n) is 9.11. The molecule has 0 spiro atoms. The summed E-state index contributed by atoms with van der Waals surface area (Å²) in [7, 11) is 1.62. The summed E-state index contributed by atoms with van der Waals surface area (Å²) in [4.78, 5) is 18.0. The van der Waals surface area contributed by atoms with Crippen LogP contribution < -0.4 is 4.74 Å². The normalized spacial score (nSPS) is 20.8. The van der Waals surface area contributed by atoms with Gasteiger partial charge in [-0.05, 0) is 52.5 Å². The number of piperazine rings is 1. The van der Waals surface area contributed by atoms with Crippen molar-refractivity contribution in [3.05, 3.63) is 64.1 Å². The molecule has 1 unspecified atom stereocenters. The number of rotatable bonds is 4. The van der Waals surface area contributed by atoms with Crippen LogP contribution in [0.25, 0.3) is 0 Å². The molecule has 1 saturated carbocycles. The third kappa shape index (κ3) is 3.51. The molecule has 0 bridgehead atoms. The molecule has 2 fully saturated rings. The fourth-order valence-electron chi connectivity index (χ4n) is 3.73. The summed E-state index contributed by atoms with van der Waals surface area (Å²) in [5, 5.41) is 0. The van der Waals surface area contributed by atoms with Gasteiger partial charge in [0.2, 0.25) is 0 Å². The maximum atomic E-state index is 13.4. The zero-order valence-corrected chi connectivity index (χ0v) is 16.5. The summed E-state index contributed by atoms with van der Waals surface area (Å²) in [6.07, 6.45) is 2.58. The number of benzene rings is 2. The smallest absolute Gasteiger partial charge is 0.255 e. The van der Waals surface area contributed by atoms with Gasteiger partial charge in [-0.3, -0.25) is 9.69 Å². The van der Waals surface area contributed by atoms with E-state index in [1.807, 2.05) is 29.2 Å². The lowest BCUT2D eigenvalue weighted by Crippen LogP contribution is -2.51. The molecule has 1 saturated heterocycles. The van der Waals surface area contributed by atoms with Crippen LogP contribution in [0.15, 0.2) is 53.0 Å². The van der Waals surface area contributed by atoms with E-state index in [1.165, 1.54) is 18.4 Å². The minimum Gasteiger partial charge on any atom is -0.497 e. The maximum Gasteiger partial charge on any atom is 0.255 e. The van der Waals surface area contributed by atoms with Gasteiger partial charge in [-0.1, -0.05) is 30.3 Å². The lowest BCUT2D eigenvalue weighted by atomic mass is 10.0. The predicted octanol–water partition coefficient (Wildman–Crippen LogP) is 4.12. The lowest BCUT2D eigenvalue weighted by Gasteiger charge is -2.42. The molecule has 0 radical (unpaired) electrons. The molecule has 2 aliphatic rings. The topological polar surface area (TPSA) is 32.8 Å². The molecular weight excluding hydrogens is 392 g/mol. The van der Waals surface area contributed by atoms with Crippen LogP contribution in [0.4, 0.5) is 0 Å². The zero-order chi connectivity index (χ0) is 18.1. The Morgan fingerprint density at radius 1 is 1.12 bits per heavy atom.